The highest BCUT2D eigenvalue weighted by molar-refractivity contribution is 5.18. The summed E-state index contributed by atoms with van der Waals surface area (Å²) < 4.78 is 2.05. The molecule has 22 heavy (non-hydrogen) atoms. The van der Waals surface area contributed by atoms with Gasteiger partial charge in [-0.1, -0.05) is 30.3 Å². The second-order valence-corrected chi connectivity index (χ2v) is 6.19. The summed E-state index contributed by atoms with van der Waals surface area (Å²) in [7, 11) is 2.01. The fraction of sp³-hybridized carbons (Fsp3) is 0.529. The number of aliphatic hydroxyl groups excluding tert-OH is 1. The zero-order valence-electron chi connectivity index (χ0n) is 13.3. The maximum absolute atomic E-state index is 10.5. The number of nitrogens with zero attached hydrogens (tertiary/aromatic N) is 4. The Balaban J connectivity index is 1.55. The van der Waals surface area contributed by atoms with Crippen molar-refractivity contribution in [3.05, 3.63) is 47.5 Å². The predicted molar refractivity (Wildman–Crippen MR) is 85.1 cm³/mol. The third-order valence-corrected chi connectivity index (χ3v) is 4.77. The largest absolute Gasteiger partial charge is 0.388 e. The highest BCUT2D eigenvalue weighted by Crippen LogP contribution is 2.30. The molecule has 0 spiro atoms. The molecule has 2 aromatic rings. The van der Waals surface area contributed by atoms with Crippen molar-refractivity contribution in [3.8, 4) is 0 Å². The first kappa shape index (κ1) is 15.2. The third kappa shape index (κ3) is 3.20. The summed E-state index contributed by atoms with van der Waals surface area (Å²) in [6, 6.07) is 9.99. The van der Waals surface area contributed by atoms with Crippen molar-refractivity contribution >= 4 is 0 Å². The first-order valence-electron chi connectivity index (χ1n) is 7.95. The van der Waals surface area contributed by atoms with E-state index in [-0.39, 0.29) is 6.10 Å². The molecule has 0 amide bonds. The third-order valence-electron chi connectivity index (χ3n) is 4.77. The molecule has 1 aliphatic rings. The Bertz CT molecular complexity index is 602. The van der Waals surface area contributed by atoms with Crippen LogP contribution in [0.4, 0.5) is 0 Å². The summed E-state index contributed by atoms with van der Waals surface area (Å²) >= 11 is 0. The molecule has 2 heterocycles. The number of rotatable bonds is 4. The van der Waals surface area contributed by atoms with E-state index >= 15 is 0 Å². The van der Waals surface area contributed by atoms with Gasteiger partial charge in [0.2, 0.25) is 0 Å². The van der Waals surface area contributed by atoms with Crippen LogP contribution in [0, 0.1) is 12.8 Å². The fourth-order valence-electron chi connectivity index (χ4n) is 3.14. The van der Waals surface area contributed by atoms with Crippen molar-refractivity contribution in [3.63, 3.8) is 0 Å². The number of hydrogen-bond donors (Lipinski definition) is 1. The Kier molecular flexibility index (Phi) is 4.55. The SMILES string of the molecule is Cc1nnc(CN2CCC([C@H](O)c3ccccc3)CC2)n1C. The van der Waals surface area contributed by atoms with Crippen LogP contribution in [0.5, 0.6) is 0 Å². The molecule has 5 heteroatoms. The molecule has 1 fully saturated rings. The minimum Gasteiger partial charge on any atom is -0.388 e. The first-order chi connectivity index (χ1) is 10.6. The van der Waals surface area contributed by atoms with Crippen LogP contribution in [-0.2, 0) is 13.6 Å². The minimum absolute atomic E-state index is 0.347. The lowest BCUT2D eigenvalue weighted by molar-refractivity contribution is 0.0558. The fourth-order valence-corrected chi connectivity index (χ4v) is 3.14. The molecule has 0 radical (unpaired) electrons. The van der Waals surface area contributed by atoms with Crippen LogP contribution in [0.2, 0.25) is 0 Å². The van der Waals surface area contributed by atoms with Crippen LogP contribution in [0.25, 0.3) is 0 Å². The molecule has 1 atom stereocenters. The van der Waals surface area contributed by atoms with Crippen molar-refractivity contribution in [1.82, 2.24) is 19.7 Å². The summed E-state index contributed by atoms with van der Waals surface area (Å²) in [6.07, 6.45) is 1.69. The van der Waals surface area contributed by atoms with Gasteiger partial charge in [0.25, 0.3) is 0 Å². The van der Waals surface area contributed by atoms with Gasteiger partial charge in [0.15, 0.2) is 0 Å². The van der Waals surface area contributed by atoms with Gasteiger partial charge in [0.1, 0.15) is 11.6 Å². The van der Waals surface area contributed by atoms with Crippen molar-refractivity contribution in [2.45, 2.75) is 32.4 Å². The minimum atomic E-state index is -0.347. The van der Waals surface area contributed by atoms with Crippen LogP contribution in [-0.4, -0.2) is 37.9 Å². The van der Waals surface area contributed by atoms with E-state index in [0.29, 0.717) is 5.92 Å². The second kappa shape index (κ2) is 6.58. The average Bonchev–Trinajstić information content (AvgIpc) is 2.88. The number of aromatic nitrogens is 3. The quantitative estimate of drug-likeness (QED) is 0.939. The zero-order chi connectivity index (χ0) is 15.5. The average molecular weight is 300 g/mol. The van der Waals surface area contributed by atoms with Crippen LogP contribution in [0.3, 0.4) is 0 Å². The van der Waals surface area contributed by atoms with Gasteiger partial charge >= 0.3 is 0 Å². The molecule has 118 valence electrons. The van der Waals surface area contributed by atoms with Gasteiger partial charge < -0.3 is 9.67 Å². The molecule has 5 nitrogen and oxygen atoms in total. The Morgan fingerprint density at radius 3 is 2.45 bits per heavy atom. The molecule has 0 unspecified atom stereocenters. The van der Waals surface area contributed by atoms with E-state index in [1.807, 2.05) is 48.9 Å². The van der Waals surface area contributed by atoms with Gasteiger partial charge in [-0.3, -0.25) is 4.90 Å². The van der Waals surface area contributed by atoms with Gasteiger partial charge in [-0.2, -0.15) is 0 Å². The summed E-state index contributed by atoms with van der Waals surface area (Å²) in [6.45, 7) is 4.81. The van der Waals surface area contributed by atoms with Gasteiger partial charge in [0.05, 0.1) is 12.6 Å². The number of hydrogen-bond acceptors (Lipinski definition) is 4. The lowest BCUT2D eigenvalue weighted by Crippen LogP contribution is -2.35. The van der Waals surface area contributed by atoms with E-state index in [9.17, 15) is 5.11 Å². The highest BCUT2D eigenvalue weighted by atomic mass is 16.3. The van der Waals surface area contributed by atoms with E-state index < -0.39 is 0 Å². The Morgan fingerprint density at radius 2 is 1.86 bits per heavy atom. The second-order valence-electron chi connectivity index (χ2n) is 6.19. The summed E-state index contributed by atoms with van der Waals surface area (Å²) in [5.41, 5.74) is 1.03. The van der Waals surface area contributed by atoms with Crippen LogP contribution < -0.4 is 0 Å². The molecule has 1 aliphatic heterocycles. The van der Waals surface area contributed by atoms with E-state index in [2.05, 4.69) is 15.1 Å². The lowest BCUT2D eigenvalue weighted by atomic mass is 9.87. The molecular formula is C17H24N4O. The topological polar surface area (TPSA) is 54.2 Å². The number of likely N-dealkylation sites (tertiary alicyclic amines) is 1. The molecule has 1 aromatic carbocycles. The van der Waals surface area contributed by atoms with Crippen molar-refractivity contribution in [2.75, 3.05) is 13.1 Å². The number of piperidine rings is 1. The summed E-state index contributed by atoms with van der Waals surface area (Å²) in [5.74, 6) is 2.31. The standard InChI is InChI=1S/C17H24N4O/c1-13-18-19-16(20(13)2)12-21-10-8-15(9-11-21)17(22)14-6-4-3-5-7-14/h3-7,15,17,22H,8-12H2,1-2H3/t17-/m1/s1. The van der Waals surface area contributed by atoms with Crippen LogP contribution in [0.15, 0.2) is 30.3 Å². The Morgan fingerprint density at radius 1 is 1.18 bits per heavy atom. The van der Waals surface area contributed by atoms with E-state index in [1.54, 1.807) is 0 Å². The molecular weight excluding hydrogens is 276 g/mol. The van der Waals surface area contributed by atoms with Gasteiger partial charge in [0, 0.05) is 7.05 Å². The maximum Gasteiger partial charge on any atom is 0.146 e. The number of aliphatic hydroxyl groups is 1. The van der Waals surface area contributed by atoms with Gasteiger partial charge in [-0.15, -0.1) is 10.2 Å². The lowest BCUT2D eigenvalue weighted by Gasteiger charge is -2.34. The summed E-state index contributed by atoms with van der Waals surface area (Å²) in [4.78, 5) is 2.40. The van der Waals surface area contributed by atoms with E-state index in [4.69, 9.17) is 0 Å². The van der Waals surface area contributed by atoms with E-state index in [1.165, 1.54) is 0 Å². The Hall–Kier alpha value is -1.72. The molecule has 1 aromatic heterocycles. The Labute approximate surface area is 131 Å². The first-order valence-corrected chi connectivity index (χ1v) is 7.95. The monoisotopic (exact) mass is 300 g/mol. The molecule has 0 bridgehead atoms. The maximum atomic E-state index is 10.5. The number of aryl methyl sites for hydroxylation is 1. The molecule has 1 N–H and O–H groups in total. The van der Waals surface area contributed by atoms with Gasteiger partial charge in [-0.25, -0.2) is 0 Å². The smallest absolute Gasteiger partial charge is 0.146 e. The predicted octanol–water partition coefficient (Wildman–Crippen LogP) is 2.07. The highest BCUT2D eigenvalue weighted by Gasteiger charge is 2.26. The van der Waals surface area contributed by atoms with Gasteiger partial charge in [-0.05, 0) is 44.3 Å². The molecule has 0 saturated carbocycles. The normalized spacial score (nSPS) is 18.5. The van der Waals surface area contributed by atoms with Crippen molar-refractivity contribution < 1.29 is 5.11 Å². The number of benzene rings is 1. The zero-order valence-corrected chi connectivity index (χ0v) is 13.3. The van der Waals surface area contributed by atoms with Crippen LogP contribution >= 0.6 is 0 Å². The molecule has 3 rings (SSSR count). The van der Waals surface area contributed by atoms with Crippen molar-refractivity contribution in [1.29, 1.82) is 0 Å². The van der Waals surface area contributed by atoms with Crippen molar-refractivity contribution in [2.24, 2.45) is 13.0 Å². The summed E-state index contributed by atoms with van der Waals surface area (Å²) in [5, 5.41) is 18.9. The van der Waals surface area contributed by atoms with E-state index in [0.717, 1.165) is 49.7 Å². The molecule has 1 saturated heterocycles. The van der Waals surface area contributed by atoms with Crippen LogP contribution in [0.1, 0.15) is 36.2 Å². The molecule has 0 aliphatic carbocycles.